The topological polar surface area (TPSA) is 69.6 Å². The number of benzene rings is 2. The van der Waals surface area contributed by atoms with Crippen molar-refractivity contribution in [2.75, 3.05) is 5.73 Å². The number of hydrogen-bond donors (Lipinski definition) is 1. The van der Waals surface area contributed by atoms with Gasteiger partial charge in [-0.3, -0.25) is 0 Å². The summed E-state index contributed by atoms with van der Waals surface area (Å²) in [7, 11) is 0. The molecule has 106 valence electrons. The van der Waals surface area contributed by atoms with Crippen LogP contribution in [0, 0.1) is 5.82 Å². The third kappa shape index (κ3) is 2.55. The van der Waals surface area contributed by atoms with Crippen molar-refractivity contribution in [2.45, 2.75) is 0 Å². The first kappa shape index (κ1) is 13.8. The van der Waals surface area contributed by atoms with Crippen LogP contribution in [0.2, 0.25) is 10.0 Å². The molecule has 0 fully saturated rings. The van der Waals surface area contributed by atoms with E-state index in [1.165, 1.54) is 16.8 Å². The Hall–Kier alpha value is -2.18. The molecule has 0 saturated heterocycles. The van der Waals surface area contributed by atoms with Crippen LogP contribution in [0.15, 0.2) is 36.4 Å². The van der Waals surface area contributed by atoms with Crippen molar-refractivity contribution in [3.63, 3.8) is 0 Å². The third-order valence-corrected chi connectivity index (χ3v) is 3.41. The summed E-state index contributed by atoms with van der Waals surface area (Å²) in [5, 5.41) is 12.1. The van der Waals surface area contributed by atoms with Crippen LogP contribution in [0.3, 0.4) is 0 Å². The zero-order valence-corrected chi connectivity index (χ0v) is 12.0. The molecule has 0 aliphatic carbocycles. The molecule has 21 heavy (non-hydrogen) atoms. The van der Waals surface area contributed by atoms with Gasteiger partial charge < -0.3 is 5.73 Å². The van der Waals surface area contributed by atoms with Crippen LogP contribution in [0.1, 0.15) is 0 Å². The number of tetrazole rings is 1. The van der Waals surface area contributed by atoms with Gasteiger partial charge in [-0.1, -0.05) is 29.3 Å². The number of para-hydroxylation sites is 1. The average molecular weight is 324 g/mol. The lowest BCUT2D eigenvalue weighted by molar-refractivity contribution is 0.628. The lowest BCUT2D eigenvalue weighted by Crippen LogP contribution is -2.02. The van der Waals surface area contributed by atoms with E-state index >= 15 is 0 Å². The zero-order chi connectivity index (χ0) is 15.0. The molecule has 3 aromatic rings. The van der Waals surface area contributed by atoms with Gasteiger partial charge in [0.15, 0.2) is 5.82 Å². The Bertz CT molecular complexity index is 778. The lowest BCUT2D eigenvalue weighted by Gasteiger charge is -2.09. The number of nitrogens with two attached hydrogens (primary N) is 1. The summed E-state index contributed by atoms with van der Waals surface area (Å²) < 4.78 is 14.8. The van der Waals surface area contributed by atoms with E-state index in [0.29, 0.717) is 21.3 Å². The molecular formula is C13H8Cl2FN5. The summed E-state index contributed by atoms with van der Waals surface area (Å²) in [4.78, 5) is 0. The Kier molecular flexibility index (Phi) is 3.48. The number of rotatable bonds is 2. The number of aromatic nitrogens is 4. The summed E-state index contributed by atoms with van der Waals surface area (Å²) in [6.07, 6.45) is 0. The Balaban J connectivity index is 2.22. The second kappa shape index (κ2) is 5.31. The summed E-state index contributed by atoms with van der Waals surface area (Å²) in [6.45, 7) is 0. The zero-order valence-electron chi connectivity index (χ0n) is 10.5. The first-order chi connectivity index (χ1) is 10.1. The number of nitrogen functional groups attached to an aromatic ring is 1. The second-order valence-corrected chi connectivity index (χ2v) is 5.07. The molecular weight excluding hydrogens is 316 g/mol. The second-order valence-electron chi connectivity index (χ2n) is 4.26. The number of hydrogen-bond acceptors (Lipinski definition) is 4. The lowest BCUT2D eigenvalue weighted by atomic mass is 10.2. The minimum Gasteiger partial charge on any atom is -0.399 e. The maximum Gasteiger partial charge on any atom is 0.187 e. The van der Waals surface area contributed by atoms with E-state index in [9.17, 15) is 4.39 Å². The number of nitrogens with zero attached hydrogens (tertiary/aromatic N) is 4. The fraction of sp³-hybridized carbons (Fsp3) is 0. The molecule has 0 bridgehead atoms. The molecule has 1 aromatic heterocycles. The number of halogens is 3. The maximum atomic E-state index is 13.5. The highest BCUT2D eigenvalue weighted by Gasteiger charge is 2.17. The van der Waals surface area contributed by atoms with Crippen LogP contribution < -0.4 is 5.73 Å². The maximum absolute atomic E-state index is 13.5. The van der Waals surface area contributed by atoms with Gasteiger partial charge in [-0.2, -0.15) is 4.68 Å². The van der Waals surface area contributed by atoms with E-state index in [4.69, 9.17) is 28.9 Å². The standard InChI is InChI=1S/C13H8Cl2FN5/c14-10-2-1-3-11(15)12(10)21-13(18-19-20-21)7-4-8(16)6-9(17)5-7/h1-6H,17H2. The van der Waals surface area contributed by atoms with Crippen LogP contribution in [0.4, 0.5) is 10.1 Å². The van der Waals surface area contributed by atoms with Gasteiger partial charge >= 0.3 is 0 Å². The van der Waals surface area contributed by atoms with Crippen molar-refractivity contribution < 1.29 is 4.39 Å². The van der Waals surface area contributed by atoms with Crippen LogP contribution in [0.25, 0.3) is 17.1 Å². The SMILES string of the molecule is Nc1cc(F)cc(-c2nnnn2-c2c(Cl)cccc2Cl)c1. The van der Waals surface area contributed by atoms with Crippen molar-refractivity contribution in [1.29, 1.82) is 0 Å². The molecule has 1 heterocycles. The molecule has 0 aliphatic heterocycles. The predicted octanol–water partition coefficient (Wildman–Crippen LogP) is 3.36. The van der Waals surface area contributed by atoms with Crippen LogP contribution in [0.5, 0.6) is 0 Å². The van der Waals surface area contributed by atoms with E-state index in [0.717, 1.165) is 0 Å². The van der Waals surface area contributed by atoms with Crippen LogP contribution in [-0.4, -0.2) is 20.2 Å². The van der Waals surface area contributed by atoms with Gasteiger partial charge in [0.1, 0.15) is 11.5 Å². The Morgan fingerprint density at radius 3 is 2.48 bits per heavy atom. The quantitative estimate of drug-likeness (QED) is 0.734. The third-order valence-electron chi connectivity index (χ3n) is 2.80. The van der Waals surface area contributed by atoms with Crippen molar-refractivity contribution >= 4 is 28.9 Å². The first-order valence-corrected chi connectivity index (χ1v) is 6.61. The molecule has 0 unspecified atom stereocenters. The van der Waals surface area contributed by atoms with Gasteiger partial charge in [0.2, 0.25) is 0 Å². The van der Waals surface area contributed by atoms with E-state index in [1.807, 2.05) is 0 Å². The predicted molar refractivity (Wildman–Crippen MR) is 79.0 cm³/mol. The van der Waals surface area contributed by atoms with Gasteiger partial charge in [-0.15, -0.1) is 5.10 Å². The molecule has 2 aromatic carbocycles. The molecule has 5 nitrogen and oxygen atoms in total. The Morgan fingerprint density at radius 2 is 1.81 bits per heavy atom. The molecule has 8 heteroatoms. The molecule has 3 rings (SSSR count). The first-order valence-electron chi connectivity index (χ1n) is 5.85. The number of anilines is 1. The highest BCUT2D eigenvalue weighted by Crippen LogP contribution is 2.31. The van der Waals surface area contributed by atoms with E-state index < -0.39 is 5.82 Å². The minimum atomic E-state index is -0.482. The highest BCUT2D eigenvalue weighted by atomic mass is 35.5. The van der Waals surface area contributed by atoms with Gasteiger partial charge in [0, 0.05) is 11.3 Å². The Morgan fingerprint density at radius 1 is 1.10 bits per heavy atom. The summed E-state index contributed by atoms with van der Waals surface area (Å²) in [5.74, 6) is -0.194. The van der Waals surface area contributed by atoms with Gasteiger partial charge in [-0.25, -0.2) is 4.39 Å². The van der Waals surface area contributed by atoms with Crippen molar-refractivity contribution in [2.24, 2.45) is 0 Å². The highest BCUT2D eigenvalue weighted by molar-refractivity contribution is 6.37. The van der Waals surface area contributed by atoms with Crippen molar-refractivity contribution in [1.82, 2.24) is 20.2 Å². The largest absolute Gasteiger partial charge is 0.399 e. The van der Waals surface area contributed by atoms with Gasteiger partial charge in [0.05, 0.1) is 10.0 Å². The van der Waals surface area contributed by atoms with E-state index in [-0.39, 0.29) is 11.5 Å². The summed E-state index contributed by atoms with van der Waals surface area (Å²) in [5.41, 5.74) is 6.76. The monoisotopic (exact) mass is 323 g/mol. The summed E-state index contributed by atoms with van der Waals surface area (Å²) in [6, 6.07) is 9.08. The fourth-order valence-corrected chi connectivity index (χ4v) is 2.51. The normalized spacial score (nSPS) is 10.8. The Labute approximate surface area is 129 Å². The van der Waals surface area contributed by atoms with Gasteiger partial charge in [-0.05, 0) is 40.8 Å². The van der Waals surface area contributed by atoms with Crippen molar-refractivity contribution in [3.05, 3.63) is 52.3 Å². The average Bonchev–Trinajstić information content (AvgIpc) is 2.86. The molecule has 0 aliphatic rings. The molecule has 0 spiro atoms. The molecule has 2 N–H and O–H groups in total. The van der Waals surface area contributed by atoms with Crippen LogP contribution in [-0.2, 0) is 0 Å². The van der Waals surface area contributed by atoms with Crippen LogP contribution >= 0.6 is 23.2 Å². The smallest absolute Gasteiger partial charge is 0.187 e. The molecule has 0 radical (unpaired) electrons. The minimum absolute atomic E-state index is 0.268. The fourth-order valence-electron chi connectivity index (χ4n) is 1.95. The molecule has 0 amide bonds. The van der Waals surface area contributed by atoms with E-state index in [1.54, 1.807) is 24.3 Å². The summed E-state index contributed by atoms with van der Waals surface area (Å²) >= 11 is 12.3. The molecule has 0 atom stereocenters. The van der Waals surface area contributed by atoms with Crippen molar-refractivity contribution in [3.8, 4) is 17.1 Å². The van der Waals surface area contributed by atoms with Gasteiger partial charge in [0.25, 0.3) is 0 Å². The van der Waals surface area contributed by atoms with E-state index in [2.05, 4.69) is 15.5 Å². The molecule has 0 saturated carbocycles.